The van der Waals surface area contributed by atoms with E-state index < -0.39 is 8.32 Å². The third-order valence-corrected chi connectivity index (χ3v) is 8.53. The second-order valence-corrected chi connectivity index (χ2v) is 11.3. The molecule has 0 aromatic heterocycles. The SMILES string of the molecule is C=C(O[Si](C)(C)C(C)(C)C)C1=CCSC1. The van der Waals surface area contributed by atoms with Crippen molar-refractivity contribution in [1.29, 1.82) is 0 Å². The summed E-state index contributed by atoms with van der Waals surface area (Å²) in [7, 11) is -1.69. The van der Waals surface area contributed by atoms with Gasteiger partial charge in [-0.15, -0.1) is 0 Å². The van der Waals surface area contributed by atoms with Crippen LogP contribution in [0.1, 0.15) is 20.8 Å². The van der Waals surface area contributed by atoms with Crippen LogP contribution in [0.5, 0.6) is 0 Å². The zero-order valence-corrected chi connectivity index (χ0v) is 12.3. The van der Waals surface area contributed by atoms with E-state index in [0.717, 1.165) is 17.3 Å². The summed E-state index contributed by atoms with van der Waals surface area (Å²) in [5.41, 5.74) is 1.30. The Morgan fingerprint density at radius 3 is 2.47 bits per heavy atom. The third-order valence-electron chi connectivity index (χ3n) is 3.25. The molecule has 86 valence electrons. The predicted octanol–water partition coefficient (Wildman–Crippen LogP) is 4.20. The maximum absolute atomic E-state index is 6.15. The molecule has 0 atom stereocenters. The average molecular weight is 242 g/mol. The minimum absolute atomic E-state index is 0.252. The Kier molecular flexibility index (Phi) is 3.77. The second kappa shape index (κ2) is 4.38. The van der Waals surface area contributed by atoms with E-state index in [-0.39, 0.29) is 5.04 Å². The van der Waals surface area contributed by atoms with E-state index in [1.165, 1.54) is 5.57 Å². The molecule has 1 aliphatic rings. The fraction of sp³-hybridized carbons (Fsp3) is 0.667. The summed E-state index contributed by atoms with van der Waals surface area (Å²) in [6.45, 7) is 15.4. The standard InChI is InChI=1S/C12H22OSSi/c1-10(11-7-8-14-9-11)13-15(5,6)12(2,3)4/h7H,1,8-9H2,2-6H3. The summed E-state index contributed by atoms with van der Waals surface area (Å²) in [5.74, 6) is 3.08. The van der Waals surface area contributed by atoms with Crippen LogP contribution in [0.25, 0.3) is 0 Å². The second-order valence-electron chi connectivity index (χ2n) is 5.53. The predicted molar refractivity (Wildman–Crippen MR) is 72.8 cm³/mol. The molecule has 0 bridgehead atoms. The first-order valence-corrected chi connectivity index (χ1v) is 9.45. The van der Waals surface area contributed by atoms with Crippen LogP contribution < -0.4 is 0 Å². The molecule has 0 radical (unpaired) electrons. The van der Waals surface area contributed by atoms with Crippen molar-refractivity contribution >= 4 is 20.1 Å². The molecule has 0 amide bonds. The number of hydrogen-bond donors (Lipinski definition) is 0. The Balaban J connectivity index is 2.65. The van der Waals surface area contributed by atoms with Gasteiger partial charge in [0.2, 0.25) is 8.32 Å². The summed E-state index contributed by atoms with van der Waals surface area (Å²) >= 11 is 1.93. The summed E-state index contributed by atoms with van der Waals surface area (Å²) in [6, 6.07) is 0. The van der Waals surface area contributed by atoms with Crippen LogP contribution in [0.15, 0.2) is 24.0 Å². The molecule has 0 N–H and O–H groups in total. The van der Waals surface area contributed by atoms with Crippen molar-refractivity contribution < 1.29 is 4.43 Å². The van der Waals surface area contributed by atoms with Crippen molar-refractivity contribution in [1.82, 2.24) is 0 Å². The van der Waals surface area contributed by atoms with E-state index >= 15 is 0 Å². The molecule has 1 heterocycles. The largest absolute Gasteiger partial charge is 0.544 e. The van der Waals surface area contributed by atoms with Crippen molar-refractivity contribution in [3.8, 4) is 0 Å². The third kappa shape index (κ3) is 3.15. The topological polar surface area (TPSA) is 9.23 Å². The zero-order valence-electron chi connectivity index (χ0n) is 10.5. The number of rotatable bonds is 3. The number of thioether (sulfide) groups is 1. The van der Waals surface area contributed by atoms with Gasteiger partial charge >= 0.3 is 0 Å². The first-order valence-electron chi connectivity index (χ1n) is 5.39. The van der Waals surface area contributed by atoms with E-state index in [9.17, 15) is 0 Å². The Morgan fingerprint density at radius 1 is 1.47 bits per heavy atom. The molecule has 0 aliphatic carbocycles. The maximum atomic E-state index is 6.15. The highest BCUT2D eigenvalue weighted by molar-refractivity contribution is 7.99. The molecular weight excluding hydrogens is 220 g/mol. The summed E-state index contributed by atoms with van der Waals surface area (Å²) in [5, 5.41) is 0.252. The van der Waals surface area contributed by atoms with Crippen molar-refractivity contribution in [2.45, 2.75) is 38.9 Å². The summed E-state index contributed by atoms with van der Waals surface area (Å²) in [4.78, 5) is 0. The van der Waals surface area contributed by atoms with Gasteiger partial charge in [-0.1, -0.05) is 33.4 Å². The molecule has 0 fully saturated rings. The zero-order chi connectivity index (χ0) is 11.7. The van der Waals surface area contributed by atoms with Crippen LogP contribution in [-0.4, -0.2) is 19.8 Å². The van der Waals surface area contributed by atoms with Gasteiger partial charge in [-0.25, -0.2) is 0 Å². The van der Waals surface area contributed by atoms with E-state index in [4.69, 9.17) is 4.43 Å². The van der Waals surface area contributed by atoms with Crippen molar-refractivity contribution in [2.24, 2.45) is 0 Å². The maximum Gasteiger partial charge on any atom is 0.250 e. The average Bonchev–Trinajstić information content (AvgIpc) is 2.51. The van der Waals surface area contributed by atoms with Crippen LogP contribution in [0, 0.1) is 0 Å². The normalized spacial score (nSPS) is 17.5. The van der Waals surface area contributed by atoms with Crippen LogP contribution in [-0.2, 0) is 4.43 Å². The lowest BCUT2D eigenvalue weighted by Gasteiger charge is -2.37. The Morgan fingerprint density at radius 2 is 2.07 bits per heavy atom. The first-order chi connectivity index (χ1) is 6.74. The van der Waals surface area contributed by atoms with Gasteiger partial charge in [-0.05, 0) is 23.7 Å². The summed E-state index contributed by atoms with van der Waals surface area (Å²) in [6.07, 6.45) is 2.24. The Hall–Kier alpha value is -0.153. The molecule has 1 nitrogen and oxygen atoms in total. The molecule has 0 unspecified atom stereocenters. The lowest BCUT2D eigenvalue weighted by atomic mass is 10.2. The van der Waals surface area contributed by atoms with Crippen LogP contribution in [0.2, 0.25) is 18.1 Å². The van der Waals surface area contributed by atoms with Gasteiger partial charge in [-0.2, -0.15) is 11.8 Å². The molecule has 3 heteroatoms. The molecule has 0 aromatic rings. The molecule has 0 saturated carbocycles. The highest BCUT2D eigenvalue weighted by Crippen LogP contribution is 2.39. The molecule has 0 spiro atoms. The number of hydrogen-bond acceptors (Lipinski definition) is 2. The molecule has 0 saturated heterocycles. The van der Waals surface area contributed by atoms with Gasteiger partial charge in [0.1, 0.15) is 0 Å². The van der Waals surface area contributed by atoms with E-state index in [0.29, 0.717) is 0 Å². The fourth-order valence-electron chi connectivity index (χ4n) is 1.11. The minimum Gasteiger partial charge on any atom is -0.544 e. The van der Waals surface area contributed by atoms with E-state index in [1.807, 2.05) is 11.8 Å². The molecule has 1 aliphatic heterocycles. The quantitative estimate of drug-likeness (QED) is 0.542. The van der Waals surface area contributed by atoms with Crippen LogP contribution >= 0.6 is 11.8 Å². The van der Waals surface area contributed by atoms with E-state index in [1.54, 1.807) is 0 Å². The van der Waals surface area contributed by atoms with E-state index in [2.05, 4.69) is 46.5 Å². The fourth-order valence-corrected chi connectivity index (χ4v) is 3.10. The Labute approximate surface area is 99.1 Å². The monoisotopic (exact) mass is 242 g/mol. The van der Waals surface area contributed by atoms with Gasteiger partial charge < -0.3 is 4.43 Å². The lowest BCUT2D eigenvalue weighted by molar-refractivity contribution is 0.396. The van der Waals surface area contributed by atoms with Crippen LogP contribution in [0.4, 0.5) is 0 Å². The molecule has 15 heavy (non-hydrogen) atoms. The lowest BCUT2D eigenvalue weighted by Crippen LogP contribution is -2.40. The Bertz CT molecular complexity index is 286. The minimum atomic E-state index is -1.69. The highest BCUT2D eigenvalue weighted by Gasteiger charge is 2.39. The molecular formula is C12H22OSSi. The van der Waals surface area contributed by atoms with Crippen molar-refractivity contribution in [2.75, 3.05) is 11.5 Å². The van der Waals surface area contributed by atoms with Crippen molar-refractivity contribution in [3.63, 3.8) is 0 Å². The molecule has 0 aromatic carbocycles. The van der Waals surface area contributed by atoms with Crippen molar-refractivity contribution in [3.05, 3.63) is 24.0 Å². The summed E-state index contributed by atoms with van der Waals surface area (Å²) < 4.78 is 6.15. The first kappa shape index (κ1) is 12.9. The molecule has 1 rings (SSSR count). The van der Waals surface area contributed by atoms with Gasteiger partial charge in [0.25, 0.3) is 0 Å². The van der Waals surface area contributed by atoms with Gasteiger partial charge in [0.05, 0.1) is 5.76 Å². The van der Waals surface area contributed by atoms with Gasteiger partial charge in [0, 0.05) is 11.5 Å². The smallest absolute Gasteiger partial charge is 0.250 e. The van der Waals surface area contributed by atoms with Crippen LogP contribution in [0.3, 0.4) is 0 Å². The highest BCUT2D eigenvalue weighted by atomic mass is 32.2. The van der Waals surface area contributed by atoms with Gasteiger partial charge in [-0.3, -0.25) is 0 Å². The van der Waals surface area contributed by atoms with Gasteiger partial charge in [0.15, 0.2) is 0 Å². The number of allylic oxidation sites excluding steroid dienone is 1.